The van der Waals surface area contributed by atoms with Crippen molar-refractivity contribution in [1.82, 2.24) is 20.2 Å². The zero-order valence-corrected chi connectivity index (χ0v) is 14.2. The van der Waals surface area contributed by atoms with Gasteiger partial charge < -0.3 is 15.0 Å². The molecule has 0 bridgehead atoms. The second kappa shape index (κ2) is 7.15. The van der Waals surface area contributed by atoms with Crippen LogP contribution in [0, 0.1) is 6.92 Å². The molecule has 0 unspecified atom stereocenters. The standard InChI is InChI=1S/C18H26N4O/c1-13(2)23-16-6-4-15(5-7-16)18-10-19-8-9-22(18)11-17-14(3)20-12-21-17/h4-7,12-13,18-19H,8-11H2,1-3H3,(H,20,21)/t18-/m0/s1. The molecule has 2 N–H and O–H groups in total. The highest BCUT2D eigenvalue weighted by Crippen LogP contribution is 2.26. The Labute approximate surface area is 138 Å². The summed E-state index contributed by atoms with van der Waals surface area (Å²) in [4.78, 5) is 10.1. The van der Waals surface area contributed by atoms with Gasteiger partial charge in [-0.05, 0) is 38.5 Å². The number of rotatable bonds is 5. The zero-order chi connectivity index (χ0) is 16.2. The molecule has 2 heterocycles. The normalized spacial score (nSPS) is 19.2. The molecule has 1 aromatic carbocycles. The number of piperazine rings is 1. The lowest BCUT2D eigenvalue weighted by Crippen LogP contribution is -2.45. The van der Waals surface area contributed by atoms with E-state index in [1.165, 1.54) is 5.56 Å². The molecule has 1 saturated heterocycles. The smallest absolute Gasteiger partial charge is 0.119 e. The Morgan fingerprint density at radius 3 is 2.74 bits per heavy atom. The molecule has 1 aromatic heterocycles. The topological polar surface area (TPSA) is 53.2 Å². The first-order chi connectivity index (χ1) is 11.1. The molecule has 2 aromatic rings. The minimum absolute atomic E-state index is 0.205. The molecule has 124 valence electrons. The highest BCUT2D eigenvalue weighted by molar-refractivity contribution is 5.30. The number of ether oxygens (including phenoxy) is 1. The van der Waals surface area contributed by atoms with Crippen molar-refractivity contribution in [1.29, 1.82) is 0 Å². The largest absolute Gasteiger partial charge is 0.491 e. The lowest BCUT2D eigenvalue weighted by molar-refractivity contribution is 0.151. The van der Waals surface area contributed by atoms with Crippen LogP contribution in [0.25, 0.3) is 0 Å². The first kappa shape index (κ1) is 16.0. The molecule has 0 amide bonds. The van der Waals surface area contributed by atoms with Crippen LogP contribution >= 0.6 is 0 Å². The van der Waals surface area contributed by atoms with E-state index in [0.29, 0.717) is 6.04 Å². The summed E-state index contributed by atoms with van der Waals surface area (Å²) >= 11 is 0. The van der Waals surface area contributed by atoms with Crippen LogP contribution in [0.15, 0.2) is 30.6 Å². The van der Waals surface area contributed by atoms with Crippen molar-refractivity contribution in [2.75, 3.05) is 19.6 Å². The van der Waals surface area contributed by atoms with Gasteiger partial charge in [0.15, 0.2) is 0 Å². The molecule has 5 heteroatoms. The lowest BCUT2D eigenvalue weighted by atomic mass is 10.0. The summed E-state index contributed by atoms with van der Waals surface area (Å²) in [6, 6.07) is 8.87. The average Bonchev–Trinajstić information content (AvgIpc) is 2.93. The third kappa shape index (κ3) is 3.92. The SMILES string of the molecule is Cc1[nH]cnc1CN1CCNC[C@H]1c1ccc(OC(C)C)cc1. The minimum Gasteiger partial charge on any atom is -0.491 e. The quantitative estimate of drug-likeness (QED) is 0.891. The van der Waals surface area contributed by atoms with E-state index in [1.54, 1.807) is 6.33 Å². The number of hydrogen-bond acceptors (Lipinski definition) is 4. The Balaban J connectivity index is 1.74. The maximum absolute atomic E-state index is 5.74. The van der Waals surface area contributed by atoms with Crippen molar-refractivity contribution in [2.24, 2.45) is 0 Å². The van der Waals surface area contributed by atoms with E-state index >= 15 is 0 Å². The number of hydrogen-bond donors (Lipinski definition) is 2. The Morgan fingerprint density at radius 2 is 2.09 bits per heavy atom. The Hall–Kier alpha value is -1.85. The minimum atomic E-state index is 0.205. The van der Waals surface area contributed by atoms with Crippen molar-refractivity contribution in [2.45, 2.75) is 39.5 Å². The first-order valence-electron chi connectivity index (χ1n) is 8.33. The van der Waals surface area contributed by atoms with Crippen LogP contribution in [0.5, 0.6) is 5.75 Å². The number of aryl methyl sites for hydroxylation is 1. The number of benzene rings is 1. The highest BCUT2D eigenvalue weighted by atomic mass is 16.5. The van der Waals surface area contributed by atoms with E-state index in [2.05, 4.69) is 51.4 Å². The maximum Gasteiger partial charge on any atom is 0.119 e. The molecule has 0 saturated carbocycles. The number of nitrogens with one attached hydrogen (secondary N) is 2. The van der Waals surface area contributed by atoms with Crippen LogP contribution in [-0.2, 0) is 6.54 Å². The Kier molecular flexibility index (Phi) is 4.98. The van der Waals surface area contributed by atoms with Crippen molar-refractivity contribution in [3.8, 4) is 5.75 Å². The van der Waals surface area contributed by atoms with Gasteiger partial charge in [0.25, 0.3) is 0 Å². The lowest BCUT2D eigenvalue weighted by Gasteiger charge is -2.36. The van der Waals surface area contributed by atoms with Gasteiger partial charge in [0.1, 0.15) is 5.75 Å². The Morgan fingerprint density at radius 1 is 1.30 bits per heavy atom. The van der Waals surface area contributed by atoms with Gasteiger partial charge in [0.2, 0.25) is 0 Å². The van der Waals surface area contributed by atoms with Crippen LogP contribution in [0.2, 0.25) is 0 Å². The summed E-state index contributed by atoms with van der Waals surface area (Å²) in [5, 5.41) is 3.50. The molecule has 1 atom stereocenters. The van der Waals surface area contributed by atoms with Crippen molar-refractivity contribution in [3.63, 3.8) is 0 Å². The van der Waals surface area contributed by atoms with Crippen LogP contribution in [0.4, 0.5) is 0 Å². The van der Waals surface area contributed by atoms with E-state index < -0.39 is 0 Å². The number of aromatic nitrogens is 2. The van der Waals surface area contributed by atoms with Crippen LogP contribution in [0.3, 0.4) is 0 Å². The molecule has 23 heavy (non-hydrogen) atoms. The Bertz CT molecular complexity index is 620. The van der Waals surface area contributed by atoms with E-state index in [9.17, 15) is 0 Å². The number of imidazole rings is 1. The second-order valence-electron chi connectivity index (χ2n) is 6.40. The molecule has 3 rings (SSSR count). The van der Waals surface area contributed by atoms with Gasteiger partial charge in [0, 0.05) is 37.9 Å². The monoisotopic (exact) mass is 314 g/mol. The van der Waals surface area contributed by atoms with Gasteiger partial charge in [-0.15, -0.1) is 0 Å². The number of H-pyrrole nitrogens is 1. The second-order valence-corrected chi connectivity index (χ2v) is 6.40. The number of aromatic amines is 1. The van der Waals surface area contributed by atoms with Gasteiger partial charge >= 0.3 is 0 Å². The third-order valence-corrected chi connectivity index (χ3v) is 4.28. The van der Waals surface area contributed by atoms with E-state index in [4.69, 9.17) is 4.74 Å². The summed E-state index contributed by atoms with van der Waals surface area (Å²) in [6.45, 7) is 10.1. The first-order valence-corrected chi connectivity index (χ1v) is 8.33. The van der Waals surface area contributed by atoms with E-state index in [-0.39, 0.29) is 6.10 Å². The van der Waals surface area contributed by atoms with Gasteiger partial charge in [0.05, 0.1) is 18.1 Å². The summed E-state index contributed by atoms with van der Waals surface area (Å²) in [6.07, 6.45) is 1.98. The molecule has 5 nitrogen and oxygen atoms in total. The summed E-state index contributed by atoms with van der Waals surface area (Å²) in [5.41, 5.74) is 3.61. The van der Waals surface area contributed by atoms with Gasteiger partial charge in [-0.2, -0.15) is 0 Å². The number of nitrogens with zero attached hydrogens (tertiary/aromatic N) is 2. The van der Waals surface area contributed by atoms with Crippen LogP contribution in [0.1, 0.15) is 36.8 Å². The zero-order valence-electron chi connectivity index (χ0n) is 14.2. The average molecular weight is 314 g/mol. The predicted molar refractivity (Wildman–Crippen MR) is 91.6 cm³/mol. The van der Waals surface area contributed by atoms with Gasteiger partial charge in [-0.3, -0.25) is 4.90 Å². The molecule has 1 fully saturated rings. The highest BCUT2D eigenvalue weighted by Gasteiger charge is 2.24. The van der Waals surface area contributed by atoms with Crippen molar-refractivity contribution in [3.05, 3.63) is 47.5 Å². The molecular formula is C18H26N4O. The fourth-order valence-corrected chi connectivity index (χ4v) is 3.04. The third-order valence-electron chi connectivity index (χ3n) is 4.28. The van der Waals surface area contributed by atoms with Crippen molar-refractivity contribution < 1.29 is 4.74 Å². The summed E-state index contributed by atoms with van der Waals surface area (Å²) < 4.78 is 5.74. The van der Waals surface area contributed by atoms with Crippen molar-refractivity contribution >= 4 is 0 Å². The van der Waals surface area contributed by atoms with Gasteiger partial charge in [-0.1, -0.05) is 12.1 Å². The van der Waals surface area contributed by atoms with Gasteiger partial charge in [-0.25, -0.2) is 4.98 Å². The predicted octanol–water partition coefficient (Wildman–Crippen LogP) is 2.65. The summed E-state index contributed by atoms with van der Waals surface area (Å²) in [7, 11) is 0. The summed E-state index contributed by atoms with van der Waals surface area (Å²) in [5.74, 6) is 0.933. The van der Waals surface area contributed by atoms with Crippen LogP contribution in [-0.4, -0.2) is 40.6 Å². The molecule has 0 spiro atoms. The molecule has 1 aliphatic rings. The molecule has 0 aliphatic carbocycles. The molecule has 1 aliphatic heterocycles. The molecular weight excluding hydrogens is 288 g/mol. The molecule has 0 radical (unpaired) electrons. The van der Waals surface area contributed by atoms with E-state index in [1.807, 2.05) is 13.8 Å². The van der Waals surface area contributed by atoms with Crippen LogP contribution < -0.4 is 10.1 Å². The maximum atomic E-state index is 5.74. The fourth-order valence-electron chi connectivity index (χ4n) is 3.04. The van der Waals surface area contributed by atoms with E-state index in [0.717, 1.165) is 43.3 Å². The fraction of sp³-hybridized carbons (Fsp3) is 0.500.